The summed E-state index contributed by atoms with van der Waals surface area (Å²) in [5.41, 5.74) is 1.33. The molecule has 3 unspecified atom stereocenters. The quantitative estimate of drug-likeness (QED) is 0.589. The molecule has 6 heteroatoms. The number of carbonyl (C=O) groups excluding carboxylic acids is 2. The molecule has 4 atom stereocenters. The predicted octanol–water partition coefficient (Wildman–Crippen LogP) is 2.19. The molecule has 1 aliphatic rings. The van der Waals surface area contributed by atoms with E-state index in [1.54, 1.807) is 36.4 Å². The van der Waals surface area contributed by atoms with E-state index in [9.17, 15) is 19.8 Å². The molecule has 0 aromatic heterocycles. The van der Waals surface area contributed by atoms with Crippen molar-refractivity contribution in [1.29, 1.82) is 0 Å². The minimum absolute atomic E-state index is 0.509. The fraction of sp³-hybridized carbons (Fsp3) is 0.182. The Morgan fingerprint density at radius 1 is 1.07 bits per heavy atom. The molecule has 0 saturated carbocycles. The molecule has 0 fully saturated rings. The molecular weight excluding hydrogens is 360 g/mol. The second-order valence-electron chi connectivity index (χ2n) is 6.25. The molecule has 28 heavy (non-hydrogen) atoms. The van der Waals surface area contributed by atoms with E-state index in [0.29, 0.717) is 5.56 Å². The number of ether oxygens (including phenoxy) is 2. The van der Waals surface area contributed by atoms with E-state index in [0.717, 1.165) is 11.6 Å². The summed E-state index contributed by atoms with van der Waals surface area (Å²) in [5, 5.41) is 20.8. The molecule has 6 nitrogen and oxygen atoms in total. The van der Waals surface area contributed by atoms with Gasteiger partial charge in [-0.25, -0.2) is 9.59 Å². The summed E-state index contributed by atoms with van der Waals surface area (Å²) in [6.07, 6.45) is 0.106. The maximum atomic E-state index is 12.3. The maximum absolute atomic E-state index is 12.3. The molecule has 0 amide bonds. The van der Waals surface area contributed by atoms with Gasteiger partial charge in [-0.15, -0.1) is 0 Å². The van der Waals surface area contributed by atoms with Gasteiger partial charge in [0.25, 0.3) is 0 Å². The average Bonchev–Trinajstić information content (AvgIpc) is 2.73. The highest BCUT2D eigenvalue weighted by Gasteiger charge is 2.39. The van der Waals surface area contributed by atoms with Crippen molar-refractivity contribution >= 4 is 18.0 Å². The van der Waals surface area contributed by atoms with Gasteiger partial charge in [0, 0.05) is 12.2 Å². The average molecular weight is 380 g/mol. The molecule has 3 rings (SSSR count). The first-order chi connectivity index (χ1) is 13.5. The highest BCUT2D eigenvalue weighted by molar-refractivity contribution is 5.87. The van der Waals surface area contributed by atoms with Crippen LogP contribution in [0.25, 0.3) is 6.08 Å². The van der Waals surface area contributed by atoms with E-state index < -0.39 is 36.4 Å². The summed E-state index contributed by atoms with van der Waals surface area (Å²) >= 11 is 0. The highest BCUT2D eigenvalue weighted by Crippen LogP contribution is 2.28. The number of aliphatic hydroxyl groups is 2. The number of hydrogen-bond acceptors (Lipinski definition) is 6. The van der Waals surface area contributed by atoms with Gasteiger partial charge in [0.15, 0.2) is 12.2 Å². The maximum Gasteiger partial charge on any atom is 0.331 e. The van der Waals surface area contributed by atoms with Crippen LogP contribution in [0.3, 0.4) is 0 Å². The molecule has 0 bridgehead atoms. The lowest BCUT2D eigenvalue weighted by Gasteiger charge is -2.32. The summed E-state index contributed by atoms with van der Waals surface area (Å²) in [4.78, 5) is 23.8. The van der Waals surface area contributed by atoms with E-state index in [1.807, 2.05) is 30.3 Å². The molecule has 144 valence electrons. The number of aliphatic hydroxyl groups excluding tert-OH is 2. The highest BCUT2D eigenvalue weighted by atomic mass is 16.6. The zero-order chi connectivity index (χ0) is 19.9. The Hall–Kier alpha value is -3.22. The Bertz CT molecular complexity index is 859. The first-order valence-corrected chi connectivity index (χ1v) is 8.78. The van der Waals surface area contributed by atoms with Gasteiger partial charge < -0.3 is 19.7 Å². The molecule has 2 aromatic carbocycles. The summed E-state index contributed by atoms with van der Waals surface area (Å²) in [7, 11) is 0. The molecule has 2 aromatic rings. The Kier molecular flexibility index (Phi) is 6.37. The van der Waals surface area contributed by atoms with Gasteiger partial charge in [-0.1, -0.05) is 60.7 Å². The third kappa shape index (κ3) is 4.94. The lowest BCUT2D eigenvalue weighted by molar-refractivity contribution is -0.175. The van der Waals surface area contributed by atoms with Gasteiger partial charge in [0.05, 0.1) is 0 Å². The third-order valence-electron chi connectivity index (χ3n) is 4.25. The van der Waals surface area contributed by atoms with Crippen LogP contribution in [0.4, 0.5) is 0 Å². The number of rotatable bonds is 6. The van der Waals surface area contributed by atoms with Crippen LogP contribution in [0.5, 0.6) is 0 Å². The molecule has 0 radical (unpaired) electrons. The van der Waals surface area contributed by atoms with Crippen molar-refractivity contribution in [1.82, 2.24) is 0 Å². The first-order valence-electron chi connectivity index (χ1n) is 8.78. The van der Waals surface area contributed by atoms with Crippen molar-refractivity contribution in [3.63, 3.8) is 0 Å². The van der Waals surface area contributed by atoms with Crippen molar-refractivity contribution in [3.8, 4) is 0 Å². The zero-order valence-electron chi connectivity index (χ0n) is 14.9. The van der Waals surface area contributed by atoms with E-state index in [4.69, 9.17) is 9.47 Å². The fourth-order valence-electron chi connectivity index (χ4n) is 2.84. The van der Waals surface area contributed by atoms with E-state index in [-0.39, 0.29) is 0 Å². The van der Waals surface area contributed by atoms with Crippen molar-refractivity contribution in [2.24, 2.45) is 0 Å². The van der Waals surface area contributed by atoms with Crippen molar-refractivity contribution in [3.05, 3.63) is 90.0 Å². The van der Waals surface area contributed by atoms with Gasteiger partial charge in [0.2, 0.25) is 0 Å². The Morgan fingerprint density at radius 3 is 2.39 bits per heavy atom. The fourth-order valence-corrected chi connectivity index (χ4v) is 2.84. The van der Waals surface area contributed by atoms with Crippen molar-refractivity contribution in [2.75, 3.05) is 0 Å². The summed E-state index contributed by atoms with van der Waals surface area (Å²) < 4.78 is 10.5. The predicted molar refractivity (Wildman–Crippen MR) is 102 cm³/mol. The van der Waals surface area contributed by atoms with Crippen LogP contribution in [0.15, 0.2) is 78.9 Å². The monoisotopic (exact) mass is 380 g/mol. The van der Waals surface area contributed by atoms with Crippen molar-refractivity contribution in [2.45, 2.75) is 24.4 Å². The Morgan fingerprint density at radius 2 is 1.71 bits per heavy atom. The zero-order valence-corrected chi connectivity index (χ0v) is 14.9. The Balaban J connectivity index is 1.79. The van der Waals surface area contributed by atoms with Gasteiger partial charge in [-0.05, 0) is 23.3 Å². The smallest absolute Gasteiger partial charge is 0.331 e. The van der Waals surface area contributed by atoms with Crippen LogP contribution in [0, 0.1) is 0 Å². The van der Waals surface area contributed by atoms with Crippen LogP contribution in [0.1, 0.15) is 17.2 Å². The molecule has 2 N–H and O–H groups in total. The molecular formula is C22H20O6. The van der Waals surface area contributed by atoms with Crippen LogP contribution < -0.4 is 0 Å². The standard InChI is InChI=1S/C22H20O6/c23-17-12-14-19(25)28-22(17)20(26)21(16-9-5-2-6-10-16)27-18(24)13-11-15-7-3-1-4-8-15/h1-14,17,20-23,26H/b13-11+/t17-,20?,21?,22?/m0/s1. The second-order valence-corrected chi connectivity index (χ2v) is 6.25. The van der Waals surface area contributed by atoms with E-state index in [1.165, 1.54) is 12.2 Å². The summed E-state index contributed by atoms with van der Waals surface area (Å²) in [5.74, 6) is -1.36. The SMILES string of the molecule is O=C1C=C[C@H](O)C(C(O)C(OC(=O)/C=C/c2ccccc2)c2ccccc2)O1. The molecule has 1 aliphatic heterocycles. The van der Waals surface area contributed by atoms with Crippen LogP contribution in [-0.4, -0.2) is 40.5 Å². The van der Waals surface area contributed by atoms with Crippen molar-refractivity contribution < 1.29 is 29.3 Å². The van der Waals surface area contributed by atoms with Gasteiger partial charge in [-0.2, -0.15) is 0 Å². The lowest BCUT2D eigenvalue weighted by Crippen LogP contribution is -2.46. The van der Waals surface area contributed by atoms with Crippen LogP contribution in [0.2, 0.25) is 0 Å². The summed E-state index contributed by atoms with van der Waals surface area (Å²) in [6, 6.07) is 17.8. The second kappa shape index (κ2) is 9.12. The lowest BCUT2D eigenvalue weighted by atomic mass is 9.96. The molecule has 0 saturated heterocycles. The van der Waals surface area contributed by atoms with Crippen LogP contribution in [-0.2, 0) is 19.1 Å². The van der Waals surface area contributed by atoms with Gasteiger partial charge in [-0.3, -0.25) is 0 Å². The molecule has 0 spiro atoms. The largest absolute Gasteiger partial charge is 0.453 e. The number of hydrogen-bond donors (Lipinski definition) is 2. The molecule has 0 aliphatic carbocycles. The van der Waals surface area contributed by atoms with Gasteiger partial charge in [0.1, 0.15) is 12.2 Å². The number of carbonyl (C=O) groups is 2. The molecule has 1 heterocycles. The normalized spacial score (nSPS) is 21.1. The summed E-state index contributed by atoms with van der Waals surface area (Å²) in [6.45, 7) is 0. The minimum atomic E-state index is -1.46. The number of esters is 2. The van der Waals surface area contributed by atoms with Crippen LogP contribution >= 0.6 is 0 Å². The Labute approximate surface area is 162 Å². The van der Waals surface area contributed by atoms with Gasteiger partial charge >= 0.3 is 11.9 Å². The topological polar surface area (TPSA) is 93.1 Å². The first kappa shape index (κ1) is 19.5. The number of benzene rings is 2. The van der Waals surface area contributed by atoms with E-state index in [2.05, 4.69) is 0 Å². The third-order valence-corrected chi connectivity index (χ3v) is 4.25. The number of cyclic esters (lactones) is 1. The van der Waals surface area contributed by atoms with E-state index >= 15 is 0 Å². The minimum Gasteiger partial charge on any atom is -0.453 e.